The minimum Gasteiger partial charge on any atom is -0.491 e. The Balaban J connectivity index is 1.66. The molecule has 0 aromatic heterocycles. The van der Waals surface area contributed by atoms with E-state index in [1.165, 1.54) is 12.1 Å². The third-order valence-corrected chi connectivity index (χ3v) is 6.54. The summed E-state index contributed by atoms with van der Waals surface area (Å²) in [5.41, 5.74) is -3.99. The minimum absolute atomic E-state index is 0.0433. The maximum absolute atomic E-state index is 12.8. The Morgan fingerprint density at radius 1 is 0.912 bits per heavy atom. The van der Waals surface area contributed by atoms with Gasteiger partial charge >= 0.3 is 15.6 Å². The van der Waals surface area contributed by atoms with Gasteiger partial charge in [0.05, 0.1) is 6.61 Å². The second-order valence-electron chi connectivity index (χ2n) is 7.57. The lowest BCUT2D eigenvalue weighted by Gasteiger charge is -2.37. The summed E-state index contributed by atoms with van der Waals surface area (Å²) in [6.45, 7) is -0.613. The topological polar surface area (TPSA) is 71.1 Å². The Bertz CT molecular complexity index is 1370. The zero-order chi connectivity index (χ0) is 24.1. The van der Waals surface area contributed by atoms with Crippen LogP contribution in [0.4, 0.5) is 17.6 Å². The van der Waals surface area contributed by atoms with Crippen molar-refractivity contribution in [1.29, 1.82) is 0 Å². The lowest BCUT2D eigenvalue weighted by atomic mass is 9.77. The lowest BCUT2D eigenvalue weighted by molar-refractivity contribution is -0.0500. The van der Waals surface area contributed by atoms with Gasteiger partial charge in [0.25, 0.3) is 0 Å². The van der Waals surface area contributed by atoms with Crippen molar-refractivity contribution in [3.05, 3.63) is 82.9 Å². The highest BCUT2D eigenvalue weighted by Gasteiger charge is 2.51. The summed E-state index contributed by atoms with van der Waals surface area (Å²) in [7, 11) is -5.87. The van der Waals surface area contributed by atoms with Gasteiger partial charge in [0, 0.05) is 23.3 Å². The van der Waals surface area contributed by atoms with Crippen molar-refractivity contribution in [2.24, 2.45) is 0 Å². The van der Waals surface area contributed by atoms with Crippen LogP contribution in [-0.2, 0) is 27.1 Å². The van der Waals surface area contributed by atoms with Crippen molar-refractivity contribution in [1.82, 2.24) is 0 Å². The molecule has 5 rings (SSSR count). The van der Waals surface area contributed by atoms with E-state index < -0.39 is 33.7 Å². The predicted molar refractivity (Wildman–Crippen MR) is 111 cm³/mol. The minimum atomic E-state index is -5.87. The number of fused-ring (bicyclic) bond motifs is 6. The van der Waals surface area contributed by atoms with Crippen LogP contribution < -0.4 is 13.7 Å². The molecular formula is C23H16F4O6S. The van der Waals surface area contributed by atoms with Crippen molar-refractivity contribution >= 4 is 10.1 Å². The molecule has 2 aliphatic heterocycles. The highest BCUT2D eigenvalue weighted by atomic mass is 32.2. The first kappa shape index (κ1) is 22.5. The van der Waals surface area contributed by atoms with Crippen molar-refractivity contribution in [3.8, 4) is 23.0 Å². The van der Waals surface area contributed by atoms with Crippen LogP contribution in [0.15, 0.2) is 60.7 Å². The van der Waals surface area contributed by atoms with E-state index in [0.29, 0.717) is 16.9 Å². The van der Waals surface area contributed by atoms with Crippen LogP contribution in [0.3, 0.4) is 0 Å². The maximum Gasteiger partial charge on any atom is 0.534 e. The fourth-order valence-electron chi connectivity index (χ4n) is 4.19. The second-order valence-corrected chi connectivity index (χ2v) is 9.10. The molecule has 0 amide bonds. The Hall–Kier alpha value is -3.31. The van der Waals surface area contributed by atoms with Gasteiger partial charge in [-0.05, 0) is 35.4 Å². The van der Waals surface area contributed by atoms with Gasteiger partial charge in [-0.15, -0.1) is 0 Å². The molecule has 0 radical (unpaired) electrons. The number of alkyl halides is 4. The molecule has 2 heterocycles. The third kappa shape index (κ3) is 3.46. The van der Waals surface area contributed by atoms with E-state index in [-0.39, 0.29) is 24.7 Å². The van der Waals surface area contributed by atoms with Crippen LogP contribution >= 0.6 is 0 Å². The molecule has 34 heavy (non-hydrogen) atoms. The molecule has 2 aliphatic rings. The molecule has 0 fully saturated rings. The fraction of sp³-hybridized carbons (Fsp3) is 0.217. The summed E-state index contributed by atoms with van der Waals surface area (Å²) in [5, 5.41) is 0. The highest BCUT2D eigenvalue weighted by molar-refractivity contribution is 7.88. The summed E-state index contributed by atoms with van der Waals surface area (Å²) >= 11 is 0. The number of halogens is 4. The number of ether oxygens (including phenoxy) is 3. The lowest BCUT2D eigenvalue weighted by Crippen LogP contribution is -2.32. The first-order chi connectivity index (χ1) is 16.2. The van der Waals surface area contributed by atoms with Gasteiger partial charge in [0.1, 0.15) is 36.3 Å². The monoisotopic (exact) mass is 496 g/mol. The number of hydrogen-bond acceptors (Lipinski definition) is 6. The maximum atomic E-state index is 12.8. The molecule has 178 valence electrons. The van der Waals surface area contributed by atoms with Crippen molar-refractivity contribution < 1.29 is 44.4 Å². The van der Waals surface area contributed by atoms with Crippen molar-refractivity contribution in [2.75, 3.05) is 13.3 Å². The van der Waals surface area contributed by atoms with Gasteiger partial charge in [-0.1, -0.05) is 24.3 Å². The number of benzene rings is 3. The van der Waals surface area contributed by atoms with E-state index in [0.717, 1.165) is 23.3 Å². The van der Waals surface area contributed by atoms with Gasteiger partial charge in [0.2, 0.25) is 0 Å². The zero-order valence-electron chi connectivity index (χ0n) is 17.3. The Labute approximate surface area is 191 Å². The van der Waals surface area contributed by atoms with Gasteiger partial charge in [-0.3, -0.25) is 0 Å². The first-order valence-electron chi connectivity index (χ1n) is 10.0. The van der Waals surface area contributed by atoms with E-state index in [9.17, 15) is 26.0 Å². The van der Waals surface area contributed by atoms with E-state index in [2.05, 4.69) is 4.18 Å². The SMILES string of the molecule is O=S(=O)(Oc1ccc2c(c1)Oc1cc(OCCF)ccc1C21OCc2ccccc21)C(F)(F)F. The normalized spacial score (nSPS) is 18.6. The molecule has 0 saturated carbocycles. The van der Waals surface area contributed by atoms with Crippen LogP contribution in [0.1, 0.15) is 22.3 Å². The highest BCUT2D eigenvalue weighted by Crippen LogP contribution is 2.57. The average Bonchev–Trinajstić information content (AvgIpc) is 3.16. The first-order valence-corrected chi connectivity index (χ1v) is 11.5. The molecule has 0 aliphatic carbocycles. The van der Waals surface area contributed by atoms with E-state index in [1.807, 2.05) is 24.3 Å². The van der Waals surface area contributed by atoms with Crippen molar-refractivity contribution in [2.45, 2.75) is 17.7 Å². The largest absolute Gasteiger partial charge is 0.534 e. The molecule has 1 unspecified atom stereocenters. The van der Waals surface area contributed by atoms with Crippen LogP contribution in [0.5, 0.6) is 23.0 Å². The van der Waals surface area contributed by atoms with Gasteiger partial charge < -0.3 is 18.4 Å². The Morgan fingerprint density at radius 3 is 2.24 bits per heavy atom. The molecule has 3 aromatic carbocycles. The standard InChI is InChI=1S/C23H16F4O6S/c24-9-10-30-15-5-7-18-20(11-15)32-21-12-16(33-34(28,29)23(25,26)27)6-8-19(21)22(18)17-4-2-1-3-14(17)13-31-22/h1-8,11-12H,9-10,13H2. The summed E-state index contributed by atoms with van der Waals surface area (Å²) in [4.78, 5) is 0. The van der Waals surface area contributed by atoms with E-state index in [4.69, 9.17) is 14.2 Å². The molecule has 0 saturated heterocycles. The van der Waals surface area contributed by atoms with Crippen LogP contribution in [-0.4, -0.2) is 27.2 Å². The van der Waals surface area contributed by atoms with E-state index in [1.54, 1.807) is 12.1 Å². The Morgan fingerprint density at radius 2 is 1.56 bits per heavy atom. The predicted octanol–water partition coefficient (Wildman–Crippen LogP) is 5.19. The van der Waals surface area contributed by atoms with Gasteiger partial charge in [0.15, 0.2) is 5.60 Å². The zero-order valence-corrected chi connectivity index (χ0v) is 18.1. The molecule has 0 N–H and O–H groups in total. The second kappa shape index (κ2) is 7.88. The molecule has 11 heteroatoms. The molecule has 0 bridgehead atoms. The van der Waals surface area contributed by atoms with Crippen LogP contribution in [0.25, 0.3) is 0 Å². The van der Waals surface area contributed by atoms with Gasteiger partial charge in [-0.25, -0.2) is 4.39 Å². The molecular weight excluding hydrogens is 480 g/mol. The summed E-state index contributed by atoms with van der Waals surface area (Å²) in [5.74, 6) is 0.0391. The van der Waals surface area contributed by atoms with Crippen LogP contribution in [0.2, 0.25) is 0 Å². The molecule has 1 spiro atoms. The molecule has 6 nitrogen and oxygen atoms in total. The van der Waals surface area contributed by atoms with Gasteiger partial charge in [-0.2, -0.15) is 21.6 Å². The summed E-state index contributed by atoms with van der Waals surface area (Å²) < 4.78 is 95.8. The van der Waals surface area contributed by atoms with E-state index >= 15 is 0 Å². The fourth-order valence-corrected chi connectivity index (χ4v) is 4.64. The average molecular weight is 496 g/mol. The summed E-state index contributed by atoms with van der Waals surface area (Å²) in [6, 6.07) is 15.9. The molecule has 3 aromatic rings. The number of hydrogen-bond donors (Lipinski definition) is 0. The third-order valence-electron chi connectivity index (χ3n) is 5.56. The summed E-state index contributed by atoms with van der Waals surface area (Å²) in [6.07, 6.45) is 0. The number of rotatable bonds is 5. The quantitative estimate of drug-likeness (QED) is 0.275. The Kier molecular flexibility index (Phi) is 5.21. The van der Waals surface area contributed by atoms with Crippen molar-refractivity contribution in [3.63, 3.8) is 0 Å². The smallest absolute Gasteiger partial charge is 0.491 e. The van der Waals surface area contributed by atoms with Crippen LogP contribution in [0, 0.1) is 0 Å². The molecule has 1 atom stereocenters.